The molecular formula is C26H18F2N2O6. The second-order valence-corrected chi connectivity index (χ2v) is 7.81. The molecule has 0 unspecified atom stereocenters. The number of benzene rings is 3. The number of halogens is 2. The van der Waals surface area contributed by atoms with Gasteiger partial charge in [-0.3, -0.25) is 4.79 Å². The van der Waals surface area contributed by atoms with Crippen LogP contribution < -0.4 is 9.47 Å². The maximum Gasteiger partial charge on any atom is 0.254 e. The van der Waals surface area contributed by atoms with Gasteiger partial charge >= 0.3 is 0 Å². The topological polar surface area (TPSA) is 118 Å². The lowest BCUT2D eigenvalue weighted by molar-refractivity contribution is 0.0998. The number of aromatic nitrogens is 2. The number of phenols is 1. The molecule has 0 saturated heterocycles. The van der Waals surface area contributed by atoms with E-state index in [1.165, 1.54) is 32.4 Å². The molecule has 0 atom stereocenters. The Kier molecular flexibility index (Phi) is 5.56. The zero-order valence-electron chi connectivity index (χ0n) is 18.9. The summed E-state index contributed by atoms with van der Waals surface area (Å²) in [6.07, 6.45) is 0. The van der Waals surface area contributed by atoms with Crippen LogP contribution in [0.2, 0.25) is 0 Å². The van der Waals surface area contributed by atoms with Gasteiger partial charge in [0, 0.05) is 5.56 Å². The normalized spacial score (nSPS) is 11.1. The van der Waals surface area contributed by atoms with Crippen molar-refractivity contribution in [1.29, 1.82) is 0 Å². The molecule has 0 fully saturated rings. The van der Waals surface area contributed by atoms with Crippen LogP contribution >= 0.6 is 0 Å². The first kappa shape index (κ1) is 22.9. The monoisotopic (exact) mass is 492 g/mol. The van der Waals surface area contributed by atoms with Crippen LogP contribution in [0.4, 0.5) is 8.78 Å². The maximum absolute atomic E-state index is 15.8. The van der Waals surface area contributed by atoms with Crippen molar-refractivity contribution in [1.82, 2.24) is 10.1 Å². The zero-order valence-corrected chi connectivity index (χ0v) is 18.9. The number of nitrogens with one attached hydrogen (secondary N) is 1. The average molecular weight is 492 g/mol. The molecule has 0 radical (unpaired) electrons. The van der Waals surface area contributed by atoms with Crippen molar-refractivity contribution in [3.05, 3.63) is 77.6 Å². The molecule has 3 N–H and O–H groups in total. The number of hydrogen-bond acceptors (Lipinski definition) is 7. The number of hydrogen-bond donors (Lipinski definition) is 3. The van der Waals surface area contributed by atoms with E-state index in [4.69, 9.17) is 14.0 Å². The summed E-state index contributed by atoms with van der Waals surface area (Å²) < 4.78 is 45.8. The lowest BCUT2D eigenvalue weighted by atomic mass is 9.96. The van der Waals surface area contributed by atoms with Crippen LogP contribution in [0.25, 0.3) is 33.2 Å². The third-order valence-electron chi connectivity index (χ3n) is 5.81. The van der Waals surface area contributed by atoms with Crippen molar-refractivity contribution >= 4 is 16.7 Å². The number of fused-ring (bicyclic) bond motifs is 1. The highest BCUT2D eigenvalue weighted by Gasteiger charge is 2.28. The third-order valence-corrected chi connectivity index (χ3v) is 5.81. The van der Waals surface area contributed by atoms with E-state index in [1.807, 2.05) is 0 Å². The van der Waals surface area contributed by atoms with Gasteiger partial charge in [0.15, 0.2) is 11.5 Å². The number of methoxy groups -OCH3 is 2. The summed E-state index contributed by atoms with van der Waals surface area (Å²) in [7, 11) is 2.76. The predicted molar refractivity (Wildman–Crippen MR) is 125 cm³/mol. The van der Waals surface area contributed by atoms with Crippen molar-refractivity contribution in [3.63, 3.8) is 0 Å². The fourth-order valence-electron chi connectivity index (χ4n) is 4.08. The molecule has 0 aliphatic heterocycles. The molecule has 0 aliphatic carbocycles. The Bertz CT molecular complexity index is 1620. The molecule has 36 heavy (non-hydrogen) atoms. The van der Waals surface area contributed by atoms with Gasteiger partial charge in [0.05, 0.1) is 42.3 Å². The quantitative estimate of drug-likeness (QED) is 0.271. The highest BCUT2D eigenvalue weighted by Crippen LogP contribution is 2.40. The molecule has 0 saturated carbocycles. The van der Waals surface area contributed by atoms with Crippen LogP contribution in [-0.4, -0.2) is 40.4 Å². The average Bonchev–Trinajstić information content (AvgIpc) is 3.48. The molecule has 0 amide bonds. The van der Waals surface area contributed by atoms with Crippen LogP contribution in [0.3, 0.4) is 0 Å². The van der Waals surface area contributed by atoms with Crippen LogP contribution in [0.1, 0.15) is 16.1 Å². The van der Waals surface area contributed by atoms with Crippen molar-refractivity contribution in [3.8, 4) is 45.5 Å². The van der Waals surface area contributed by atoms with Gasteiger partial charge in [0.1, 0.15) is 11.6 Å². The zero-order chi connectivity index (χ0) is 25.6. The second kappa shape index (κ2) is 8.73. The van der Waals surface area contributed by atoms with Gasteiger partial charge in [0.2, 0.25) is 17.4 Å². The number of carbonyl (C=O) groups excluding carboxylic acids is 1. The van der Waals surface area contributed by atoms with Gasteiger partial charge in [-0.15, -0.1) is 0 Å². The van der Waals surface area contributed by atoms with Crippen molar-refractivity contribution in [2.75, 3.05) is 14.2 Å². The summed E-state index contributed by atoms with van der Waals surface area (Å²) in [6, 6.07) is 13.3. The molecule has 0 bridgehead atoms. The number of aromatic hydroxyl groups is 2. The lowest BCUT2D eigenvalue weighted by Gasteiger charge is -2.11. The van der Waals surface area contributed by atoms with E-state index in [0.29, 0.717) is 11.1 Å². The van der Waals surface area contributed by atoms with Crippen LogP contribution in [0, 0.1) is 11.6 Å². The minimum atomic E-state index is -1.05. The van der Waals surface area contributed by atoms with Crippen molar-refractivity contribution in [2.24, 2.45) is 0 Å². The molecule has 2 heterocycles. The summed E-state index contributed by atoms with van der Waals surface area (Å²) in [4.78, 5) is 15.4. The minimum absolute atomic E-state index is 0.0204. The molecule has 182 valence electrons. The summed E-state index contributed by atoms with van der Waals surface area (Å²) >= 11 is 0. The van der Waals surface area contributed by atoms with Crippen molar-refractivity contribution in [2.45, 2.75) is 0 Å². The number of phenolic OH excluding ortho intramolecular Hbond substituents is 1. The van der Waals surface area contributed by atoms with E-state index in [0.717, 1.165) is 6.07 Å². The van der Waals surface area contributed by atoms with E-state index < -0.39 is 34.4 Å². The Morgan fingerprint density at radius 1 is 1.00 bits per heavy atom. The molecule has 2 aromatic heterocycles. The minimum Gasteiger partial charge on any atom is -0.504 e. The van der Waals surface area contributed by atoms with E-state index in [2.05, 4.69) is 10.1 Å². The number of carbonyl (C=O) groups is 1. The van der Waals surface area contributed by atoms with E-state index in [1.54, 1.807) is 30.3 Å². The van der Waals surface area contributed by atoms with E-state index in [-0.39, 0.29) is 39.6 Å². The highest BCUT2D eigenvalue weighted by molar-refractivity contribution is 6.17. The second-order valence-electron chi connectivity index (χ2n) is 7.81. The largest absolute Gasteiger partial charge is 0.504 e. The Balaban J connectivity index is 1.61. The number of para-hydroxylation sites is 1. The van der Waals surface area contributed by atoms with Crippen LogP contribution in [0.5, 0.6) is 23.3 Å². The first-order chi connectivity index (χ1) is 17.3. The molecule has 5 aromatic rings. The van der Waals surface area contributed by atoms with Crippen molar-refractivity contribution < 1.29 is 37.8 Å². The smallest absolute Gasteiger partial charge is 0.254 e. The number of aromatic amines is 1. The fraction of sp³-hybridized carbons (Fsp3) is 0.0769. The number of ketones is 1. The molecule has 5 rings (SSSR count). The van der Waals surface area contributed by atoms with Gasteiger partial charge < -0.3 is 29.2 Å². The van der Waals surface area contributed by atoms with Gasteiger partial charge in [-0.1, -0.05) is 36.4 Å². The molecule has 8 nitrogen and oxygen atoms in total. The first-order valence-corrected chi connectivity index (χ1v) is 10.6. The number of H-pyrrole nitrogens is 1. The van der Waals surface area contributed by atoms with Gasteiger partial charge in [-0.2, -0.15) is 0 Å². The third kappa shape index (κ3) is 3.59. The Morgan fingerprint density at radius 2 is 1.72 bits per heavy atom. The lowest BCUT2D eigenvalue weighted by Crippen LogP contribution is -2.01. The SMILES string of the molecule is COc1cc(C(=O)c2c(O)[nH]c3cc(F)c(-c4ccc(-c5cccc(OC)c5O)cc4)c(F)c23)on1. The summed E-state index contributed by atoms with van der Waals surface area (Å²) in [5.41, 5.74) is 0.305. The van der Waals surface area contributed by atoms with Gasteiger partial charge in [0.25, 0.3) is 5.88 Å². The van der Waals surface area contributed by atoms with Gasteiger partial charge in [-0.05, 0) is 28.4 Å². The predicted octanol–water partition coefficient (Wildman–Crippen LogP) is 5.43. The molecule has 0 aliphatic rings. The number of ether oxygens (including phenoxy) is 2. The molecular weight excluding hydrogens is 474 g/mol. The molecule has 10 heteroatoms. The van der Waals surface area contributed by atoms with Gasteiger partial charge in [-0.25, -0.2) is 8.78 Å². The number of rotatable bonds is 6. The fourth-order valence-corrected chi connectivity index (χ4v) is 4.08. The number of nitrogens with zero attached hydrogens (tertiary/aromatic N) is 1. The van der Waals surface area contributed by atoms with Crippen LogP contribution in [0.15, 0.2) is 59.1 Å². The summed E-state index contributed by atoms with van der Waals surface area (Å²) in [5.74, 6) is -3.52. The Labute approximate surface area is 202 Å². The standard InChI is InChI=1S/C26H18F2N2O6/c1-34-17-5-3-4-14(24(17)31)12-6-8-13(9-7-12)20-15(27)10-16-21(23(20)28)22(26(33)29-16)25(32)18-11-19(35-2)30-36-18/h3-11,29,31,33H,1-2H3. The van der Waals surface area contributed by atoms with E-state index >= 15 is 8.78 Å². The Morgan fingerprint density at radius 3 is 2.39 bits per heavy atom. The summed E-state index contributed by atoms with van der Waals surface area (Å²) in [5, 5.41) is 24.0. The maximum atomic E-state index is 15.8. The first-order valence-electron chi connectivity index (χ1n) is 10.6. The highest BCUT2D eigenvalue weighted by atomic mass is 19.1. The van der Waals surface area contributed by atoms with Crippen LogP contribution in [-0.2, 0) is 0 Å². The molecule has 0 spiro atoms. The molecule has 3 aromatic carbocycles. The summed E-state index contributed by atoms with van der Waals surface area (Å²) in [6.45, 7) is 0. The van der Waals surface area contributed by atoms with E-state index in [9.17, 15) is 15.0 Å². The Hall–Kier alpha value is -4.86.